The highest BCUT2D eigenvalue weighted by Gasteiger charge is 2.23. The summed E-state index contributed by atoms with van der Waals surface area (Å²) >= 11 is 0. The molecule has 0 spiro atoms. The van der Waals surface area contributed by atoms with Crippen molar-refractivity contribution in [2.45, 2.75) is 19.3 Å². The molecule has 1 aliphatic rings. The van der Waals surface area contributed by atoms with Crippen LogP contribution in [0.25, 0.3) is 0 Å². The lowest BCUT2D eigenvalue weighted by Gasteiger charge is -2.03. The Kier molecular flexibility index (Phi) is 2.85. The third-order valence-corrected chi connectivity index (χ3v) is 2.35. The summed E-state index contributed by atoms with van der Waals surface area (Å²) in [6.07, 6.45) is 4.15. The van der Waals surface area contributed by atoms with Gasteiger partial charge in [0.15, 0.2) is 0 Å². The Bertz CT molecular complexity index is 344. The van der Waals surface area contributed by atoms with Gasteiger partial charge in [-0.1, -0.05) is 0 Å². The van der Waals surface area contributed by atoms with Gasteiger partial charge in [-0.05, 0) is 30.9 Å². The molecular formula is C11H14N2O2. The quantitative estimate of drug-likeness (QED) is 0.751. The van der Waals surface area contributed by atoms with E-state index in [1.54, 1.807) is 18.3 Å². The number of rotatable bonds is 4. The summed E-state index contributed by atoms with van der Waals surface area (Å²) in [5.74, 6) is 0.396. The number of nitrogen functional groups attached to an aromatic ring is 1. The summed E-state index contributed by atoms with van der Waals surface area (Å²) in [5.41, 5.74) is 6.79. The van der Waals surface area contributed by atoms with E-state index in [2.05, 4.69) is 4.98 Å². The number of pyridine rings is 1. The van der Waals surface area contributed by atoms with Crippen molar-refractivity contribution in [1.29, 1.82) is 0 Å². The Morgan fingerprint density at radius 3 is 2.93 bits per heavy atom. The van der Waals surface area contributed by atoms with Gasteiger partial charge in [0.05, 0.1) is 30.6 Å². The zero-order valence-electron chi connectivity index (χ0n) is 8.48. The predicted molar refractivity (Wildman–Crippen MR) is 56.0 cm³/mol. The van der Waals surface area contributed by atoms with Crippen LogP contribution in [0.4, 0.5) is 5.69 Å². The second-order valence-corrected chi connectivity index (χ2v) is 3.89. The van der Waals surface area contributed by atoms with Gasteiger partial charge in [-0.25, -0.2) is 0 Å². The Balaban J connectivity index is 1.79. The number of nitrogens with two attached hydrogens (primary N) is 1. The molecule has 2 N–H and O–H groups in total. The maximum atomic E-state index is 11.3. The molecular weight excluding hydrogens is 192 g/mol. The van der Waals surface area contributed by atoms with Crippen LogP contribution in [0.5, 0.6) is 0 Å². The van der Waals surface area contributed by atoms with Crippen LogP contribution in [0.15, 0.2) is 18.3 Å². The van der Waals surface area contributed by atoms with Gasteiger partial charge in [0.25, 0.3) is 0 Å². The van der Waals surface area contributed by atoms with Crippen molar-refractivity contribution in [3.63, 3.8) is 0 Å². The van der Waals surface area contributed by atoms with Gasteiger partial charge < -0.3 is 10.5 Å². The van der Waals surface area contributed by atoms with Gasteiger partial charge in [0, 0.05) is 0 Å². The summed E-state index contributed by atoms with van der Waals surface area (Å²) in [6, 6.07) is 3.48. The molecule has 0 amide bonds. The van der Waals surface area contributed by atoms with Gasteiger partial charge in [-0.15, -0.1) is 0 Å². The third-order valence-electron chi connectivity index (χ3n) is 2.35. The number of hydrogen-bond donors (Lipinski definition) is 1. The fourth-order valence-electron chi connectivity index (χ4n) is 1.23. The van der Waals surface area contributed by atoms with Crippen molar-refractivity contribution < 1.29 is 9.53 Å². The average molecular weight is 206 g/mol. The minimum atomic E-state index is -0.209. The largest absolute Gasteiger partial charge is 0.465 e. The van der Waals surface area contributed by atoms with Gasteiger partial charge in [0.2, 0.25) is 0 Å². The number of ether oxygens (including phenoxy) is 1. The topological polar surface area (TPSA) is 65.2 Å². The lowest BCUT2D eigenvalue weighted by Crippen LogP contribution is -2.10. The molecule has 0 radical (unpaired) electrons. The molecule has 1 saturated carbocycles. The second-order valence-electron chi connectivity index (χ2n) is 3.89. The molecule has 0 aromatic carbocycles. The molecule has 15 heavy (non-hydrogen) atoms. The molecule has 1 aromatic heterocycles. The molecule has 1 heterocycles. The standard InChI is InChI=1S/C11H14N2O2/c12-9-3-4-10(13-6-9)5-11(14)15-7-8-1-2-8/h3-4,6,8H,1-2,5,7,12H2. The van der Waals surface area contributed by atoms with Crippen LogP contribution in [0, 0.1) is 5.92 Å². The zero-order valence-corrected chi connectivity index (χ0v) is 8.48. The van der Waals surface area contributed by atoms with Crippen molar-refractivity contribution in [3.05, 3.63) is 24.0 Å². The monoisotopic (exact) mass is 206 g/mol. The van der Waals surface area contributed by atoms with Gasteiger partial charge in [-0.3, -0.25) is 9.78 Å². The van der Waals surface area contributed by atoms with E-state index in [1.165, 1.54) is 12.8 Å². The van der Waals surface area contributed by atoms with Crippen molar-refractivity contribution in [2.24, 2.45) is 5.92 Å². The first-order chi connectivity index (χ1) is 7.24. The highest BCUT2D eigenvalue weighted by molar-refractivity contribution is 5.72. The fraction of sp³-hybridized carbons (Fsp3) is 0.455. The van der Waals surface area contributed by atoms with Crippen LogP contribution in [0.2, 0.25) is 0 Å². The van der Waals surface area contributed by atoms with Crippen LogP contribution < -0.4 is 5.73 Å². The summed E-state index contributed by atoms with van der Waals surface area (Å²) < 4.78 is 5.09. The molecule has 1 aromatic rings. The maximum Gasteiger partial charge on any atom is 0.311 e. The van der Waals surface area contributed by atoms with E-state index < -0.39 is 0 Å². The Morgan fingerprint density at radius 1 is 1.53 bits per heavy atom. The molecule has 1 fully saturated rings. The Labute approximate surface area is 88.4 Å². The van der Waals surface area contributed by atoms with E-state index in [9.17, 15) is 4.79 Å². The number of anilines is 1. The SMILES string of the molecule is Nc1ccc(CC(=O)OCC2CC2)nc1. The van der Waals surface area contributed by atoms with Gasteiger partial charge in [0.1, 0.15) is 0 Å². The van der Waals surface area contributed by atoms with Crippen molar-refractivity contribution in [3.8, 4) is 0 Å². The zero-order chi connectivity index (χ0) is 10.7. The second kappa shape index (κ2) is 4.29. The van der Waals surface area contributed by atoms with Gasteiger partial charge in [-0.2, -0.15) is 0 Å². The molecule has 0 bridgehead atoms. The summed E-state index contributed by atoms with van der Waals surface area (Å²) in [6.45, 7) is 0.563. The Hall–Kier alpha value is -1.58. The molecule has 0 unspecified atom stereocenters. The number of esters is 1. The maximum absolute atomic E-state index is 11.3. The molecule has 4 heteroatoms. The number of nitrogens with zero attached hydrogens (tertiary/aromatic N) is 1. The third kappa shape index (κ3) is 3.23. The average Bonchev–Trinajstić information content (AvgIpc) is 3.02. The smallest absolute Gasteiger partial charge is 0.311 e. The highest BCUT2D eigenvalue weighted by Crippen LogP contribution is 2.28. The Morgan fingerprint density at radius 2 is 2.33 bits per heavy atom. The van der Waals surface area contributed by atoms with Crippen LogP contribution in [-0.2, 0) is 16.0 Å². The minimum Gasteiger partial charge on any atom is -0.465 e. The van der Waals surface area contributed by atoms with Crippen molar-refractivity contribution >= 4 is 11.7 Å². The van der Waals surface area contributed by atoms with E-state index in [4.69, 9.17) is 10.5 Å². The first-order valence-corrected chi connectivity index (χ1v) is 5.10. The van der Waals surface area contributed by atoms with Crippen LogP contribution in [-0.4, -0.2) is 17.6 Å². The van der Waals surface area contributed by atoms with E-state index >= 15 is 0 Å². The van der Waals surface area contributed by atoms with Crippen molar-refractivity contribution in [2.75, 3.05) is 12.3 Å². The lowest BCUT2D eigenvalue weighted by molar-refractivity contribution is -0.143. The first-order valence-electron chi connectivity index (χ1n) is 5.10. The molecule has 0 atom stereocenters. The first kappa shape index (κ1) is 9.96. The van der Waals surface area contributed by atoms with Crippen LogP contribution in [0.1, 0.15) is 18.5 Å². The van der Waals surface area contributed by atoms with Gasteiger partial charge >= 0.3 is 5.97 Å². The summed E-state index contributed by atoms with van der Waals surface area (Å²) in [5, 5.41) is 0. The number of carbonyl (C=O) groups excluding carboxylic acids is 1. The van der Waals surface area contributed by atoms with E-state index in [1.807, 2.05) is 0 Å². The van der Waals surface area contributed by atoms with E-state index in [-0.39, 0.29) is 12.4 Å². The fourth-order valence-corrected chi connectivity index (χ4v) is 1.23. The highest BCUT2D eigenvalue weighted by atomic mass is 16.5. The molecule has 0 saturated heterocycles. The minimum absolute atomic E-state index is 0.209. The van der Waals surface area contributed by atoms with Crippen LogP contribution in [0.3, 0.4) is 0 Å². The van der Waals surface area contributed by atoms with Crippen LogP contribution >= 0.6 is 0 Å². The molecule has 0 aliphatic heterocycles. The molecule has 80 valence electrons. The number of aromatic nitrogens is 1. The predicted octanol–water partition coefficient (Wildman–Crippen LogP) is 1.16. The van der Waals surface area contributed by atoms with E-state index in [0.717, 1.165) is 0 Å². The number of carbonyl (C=O) groups is 1. The molecule has 2 rings (SSSR count). The normalized spacial score (nSPS) is 14.9. The molecule has 4 nitrogen and oxygen atoms in total. The number of hydrogen-bond acceptors (Lipinski definition) is 4. The summed E-state index contributed by atoms with van der Waals surface area (Å²) in [4.78, 5) is 15.4. The summed E-state index contributed by atoms with van der Waals surface area (Å²) in [7, 11) is 0. The van der Waals surface area contributed by atoms with Crippen molar-refractivity contribution in [1.82, 2.24) is 4.98 Å². The molecule has 1 aliphatic carbocycles. The lowest BCUT2D eigenvalue weighted by atomic mass is 10.2. The van der Waals surface area contributed by atoms with E-state index in [0.29, 0.717) is 23.9 Å².